The molecule has 0 aliphatic carbocycles. The fourth-order valence-electron chi connectivity index (χ4n) is 2.50. The molecule has 0 bridgehead atoms. The van der Waals surface area contributed by atoms with Crippen molar-refractivity contribution in [2.45, 2.75) is 6.54 Å². The second-order valence-corrected chi connectivity index (χ2v) is 5.52. The summed E-state index contributed by atoms with van der Waals surface area (Å²) in [5.41, 5.74) is 1.73. The van der Waals surface area contributed by atoms with Crippen molar-refractivity contribution >= 4 is 17.5 Å². The molecule has 0 fully saturated rings. The van der Waals surface area contributed by atoms with Crippen LogP contribution in [-0.2, 0) is 6.54 Å². The minimum atomic E-state index is 0.350. The molecular formula is C19H21N5O3. The van der Waals surface area contributed by atoms with E-state index in [9.17, 15) is 0 Å². The molecule has 1 heterocycles. The van der Waals surface area contributed by atoms with E-state index in [1.807, 2.05) is 36.4 Å². The number of nitrogens with zero attached hydrogens (tertiary/aromatic N) is 3. The number of rotatable bonds is 8. The normalized spacial score (nSPS) is 10.2. The standard InChI is InChI=1S/C19H21N5O3/c1-25-14-8-9-15(17(10-14)27-3)22-19-23-18(12-21-24-19)20-11-13-6-4-5-7-16(13)26-2/h4-10,12H,11H2,1-3H3,(H2,20,22,23,24). The molecule has 3 aromatic rings. The van der Waals surface area contributed by atoms with E-state index in [4.69, 9.17) is 14.2 Å². The summed E-state index contributed by atoms with van der Waals surface area (Å²) in [6, 6.07) is 13.2. The molecule has 8 nitrogen and oxygen atoms in total. The second-order valence-electron chi connectivity index (χ2n) is 5.52. The predicted octanol–water partition coefficient (Wildman–Crippen LogP) is 3.25. The molecule has 0 unspecified atom stereocenters. The number of ether oxygens (including phenoxy) is 3. The molecule has 8 heteroatoms. The van der Waals surface area contributed by atoms with Crippen LogP contribution < -0.4 is 24.8 Å². The Labute approximate surface area is 157 Å². The van der Waals surface area contributed by atoms with Gasteiger partial charge in [-0.3, -0.25) is 0 Å². The van der Waals surface area contributed by atoms with Crippen LogP contribution in [0, 0.1) is 0 Å². The Morgan fingerprint density at radius 1 is 0.926 bits per heavy atom. The van der Waals surface area contributed by atoms with E-state index in [0.29, 0.717) is 35.5 Å². The van der Waals surface area contributed by atoms with Gasteiger partial charge in [0.1, 0.15) is 17.2 Å². The third kappa shape index (κ3) is 4.55. The minimum Gasteiger partial charge on any atom is -0.497 e. The van der Waals surface area contributed by atoms with Gasteiger partial charge in [0.2, 0.25) is 5.95 Å². The van der Waals surface area contributed by atoms with Crippen LogP contribution in [0.1, 0.15) is 5.56 Å². The summed E-state index contributed by atoms with van der Waals surface area (Å²) >= 11 is 0. The van der Waals surface area contributed by atoms with E-state index in [1.54, 1.807) is 33.6 Å². The van der Waals surface area contributed by atoms with Gasteiger partial charge < -0.3 is 24.8 Å². The number of anilines is 3. The summed E-state index contributed by atoms with van der Waals surface area (Å²) in [4.78, 5) is 4.43. The summed E-state index contributed by atoms with van der Waals surface area (Å²) in [6.45, 7) is 0.550. The van der Waals surface area contributed by atoms with Crippen molar-refractivity contribution in [3.8, 4) is 17.2 Å². The SMILES string of the molecule is COc1ccc(Nc2nncc(NCc3ccccc3OC)n2)c(OC)c1. The lowest BCUT2D eigenvalue weighted by Gasteiger charge is -2.12. The number of nitrogens with one attached hydrogen (secondary N) is 2. The van der Waals surface area contributed by atoms with Crippen LogP contribution >= 0.6 is 0 Å². The van der Waals surface area contributed by atoms with E-state index in [1.165, 1.54) is 0 Å². The van der Waals surface area contributed by atoms with Crippen molar-refractivity contribution in [2.75, 3.05) is 32.0 Å². The summed E-state index contributed by atoms with van der Waals surface area (Å²) in [5.74, 6) is 3.07. The molecular weight excluding hydrogens is 346 g/mol. The molecule has 2 aromatic carbocycles. The highest BCUT2D eigenvalue weighted by Gasteiger charge is 2.08. The fourth-order valence-corrected chi connectivity index (χ4v) is 2.50. The number of benzene rings is 2. The van der Waals surface area contributed by atoms with Crippen LogP contribution in [0.4, 0.5) is 17.5 Å². The molecule has 0 aliphatic heterocycles. The van der Waals surface area contributed by atoms with Crippen molar-refractivity contribution < 1.29 is 14.2 Å². The average molecular weight is 367 g/mol. The van der Waals surface area contributed by atoms with Gasteiger partial charge in [-0.15, -0.1) is 5.10 Å². The van der Waals surface area contributed by atoms with Crippen molar-refractivity contribution in [3.63, 3.8) is 0 Å². The third-order valence-corrected chi connectivity index (χ3v) is 3.87. The maximum atomic E-state index is 5.37. The first-order chi connectivity index (χ1) is 13.2. The molecule has 1 aromatic heterocycles. The van der Waals surface area contributed by atoms with Gasteiger partial charge in [0.15, 0.2) is 5.82 Å². The van der Waals surface area contributed by atoms with Gasteiger partial charge in [0, 0.05) is 18.2 Å². The molecule has 0 saturated heterocycles. The monoisotopic (exact) mass is 367 g/mol. The summed E-state index contributed by atoms with van der Waals surface area (Å²) in [6.07, 6.45) is 1.56. The quantitative estimate of drug-likeness (QED) is 0.627. The first-order valence-corrected chi connectivity index (χ1v) is 8.28. The van der Waals surface area contributed by atoms with E-state index >= 15 is 0 Å². The van der Waals surface area contributed by atoms with Crippen molar-refractivity contribution in [2.24, 2.45) is 0 Å². The Morgan fingerprint density at radius 2 is 1.74 bits per heavy atom. The second kappa shape index (κ2) is 8.70. The highest BCUT2D eigenvalue weighted by molar-refractivity contribution is 5.64. The lowest BCUT2D eigenvalue weighted by atomic mass is 10.2. The maximum absolute atomic E-state index is 5.37. The van der Waals surface area contributed by atoms with E-state index < -0.39 is 0 Å². The van der Waals surface area contributed by atoms with Crippen LogP contribution in [0.5, 0.6) is 17.2 Å². The van der Waals surface area contributed by atoms with E-state index in [-0.39, 0.29) is 0 Å². The van der Waals surface area contributed by atoms with Crippen molar-refractivity contribution in [1.29, 1.82) is 0 Å². The Hall–Kier alpha value is -3.55. The smallest absolute Gasteiger partial charge is 0.249 e. The van der Waals surface area contributed by atoms with Gasteiger partial charge in [-0.05, 0) is 18.2 Å². The van der Waals surface area contributed by atoms with Crippen LogP contribution in [0.15, 0.2) is 48.7 Å². The van der Waals surface area contributed by atoms with Gasteiger partial charge in [0.25, 0.3) is 0 Å². The predicted molar refractivity (Wildman–Crippen MR) is 103 cm³/mol. The van der Waals surface area contributed by atoms with Crippen LogP contribution in [0.25, 0.3) is 0 Å². The molecule has 0 spiro atoms. The molecule has 2 N–H and O–H groups in total. The lowest BCUT2D eigenvalue weighted by molar-refractivity contribution is 0.395. The van der Waals surface area contributed by atoms with Crippen LogP contribution in [-0.4, -0.2) is 36.5 Å². The maximum Gasteiger partial charge on any atom is 0.249 e. The summed E-state index contributed by atoms with van der Waals surface area (Å²) in [5, 5.41) is 14.3. The minimum absolute atomic E-state index is 0.350. The average Bonchev–Trinajstić information content (AvgIpc) is 2.73. The molecule has 27 heavy (non-hydrogen) atoms. The number of para-hydroxylation sites is 1. The van der Waals surface area contributed by atoms with Gasteiger partial charge in [-0.25, -0.2) is 0 Å². The molecule has 140 valence electrons. The Morgan fingerprint density at radius 3 is 2.52 bits per heavy atom. The van der Waals surface area contributed by atoms with Crippen molar-refractivity contribution in [3.05, 3.63) is 54.2 Å². The Balaban J connectivity index is 1.72. The van der Waals surface area contributed by atoms with Crippen LogP contribution in [0.3, 0.4) is 0 Å². The first-order valence-electron chi connectivity index (χ1n) is 8.28. The third-order valence-electron chi connectivity index (χ3n) is 3.87. The number of aromatic nitrogens is 3. The molecule has 0 atom stereocenters. The van der Waals surface area contributed by atoms with E-state index in [2.05, 4.69) is 25.8 Å². The van der Waals surface area contributed by atoms with Gasteiger partial charge in [0.05, 0.1) is 33.2 Å². The highest BCUT2D eigenvalue weighted by atomic mass is 16.5. The zero-order valence-electron chi connectivity index (χ0n) is 15.4. The molecule has 0 amide bonds. The summed E-state index contributed by atoms with van der Waals surface area (Å²) in [7, 11) is 4.84. The molecule has 0 saturated carbocycles. The molecule has 0 radical (unpaired) electrons. The summed E-state index contributed by atoms with van der Waals surface area (Å²) < 4.78 is 15.9. The number of methoxy groups -OCH3 is 3. The van der Waals surface area contributed by atoms with Gasteiger partial charge in [-0.1, -0.05) is 18.2 Å². The zero-order valence-corrected chi connectivity index (χ0v) is 15.4. The molecule has 0 aliphatic rings. The number of hydrogen-bond donors (Lipinski definition) is 2. The first kappa shape index (κ1) is 18.2. The number of hydrogen-bond acceptors (Lipinski definition) is 8. The van der Waals surface area contributed by atoms with Gasteiger partial charge >= 0.3 is 0 Å². The topological polar surface area (TPSA) is 90.4 Å². The van der Waals surface area contributed by atoms with Gasteiger partial charge in [-0.2, -0.15) is 10.1 Å². The highest BCUT2D eigenvalue weighted by Crippen LogP contribution is 2.30. The Bertz CT molecular complexity index is 904. The van der Waals surface area contributed by atoms with Crippen LogP contribution in [0.2, 0.25) is 0 Å². The Kier molecular flexibility index (Phi) is 5.88. The van der Waals surface area contributed by atoms with E-state index in [0.717, 1.165) is 11.3 Å². The zero-order chi connectivity index (χ0) is 19.1. The van der Waals surface area contributed by atoms with Crippen molar-refractivity contribution in [1.82, 2.24) is 15.2 Å². The lowest BCUT2D eigenvalue weighted by Crippen LogP contribution is -2.07. The largest absolute Gasteiger partial charge is 0.497 e. The molecule has 3 rings (SSSR count). The fraction of sp³-hybridized carbons (Fsp3) is 0.211.